The van der Waals surface area contributed by atoms with Crippen molar-refractivity contribution in [2.75, 3.05) is 13.2 Å². The summed E-state index contributed by atoms with van der Waals surface area (Å²) in [7, 11) is 0. The molecule has 0 aliphatic carbocycles. The number of rotatable bonds is 6. The summed E-state index contributed by atoms with van der Waals surface area (Å²) < 4.78 is 0. The predicted octanol–water partition coefficient (Wildman–Crippen LogP) is 2.89. The summed E-state index contributed by atoms with van der Waals surface area (Å²) in [5.74, 6) is 6.03. The van der Waals surface area contributed by atoms with Gasteiger partial charge in [0.15, 0.2) is 0 Å². The maximum Gasteiger partial charge on any atom is 0.252 e. The topological polar surface area (TPSA) is 49.3 Å². The van der Waals surface area contributed by atoms with E-state index in [1.54, 1.807) is 0 Å². The van der Waals surface area contributed by atoms with Crippen molar-refractivity contribution >= 4 is 5.91 Å². The molecule has 0 bridgehead atoms. The van der Waals surface area contributed by atoms with Crippen molar-refractivity contribution < 1.29 is 9.90 Å². The van der Waals surface area contributed by atoms with Crippen LogP contribution in [0.25, 0.3) is 0 Å². The zero-order valence-electron chi connectivity index (χ0n) is 13.2. The van der Waals surface area contributed by atoms with E-state index in [-0.39, 0.29) is 12.5 Å². The molecule has 2 N–H and O–H groups in total. The molecule has 0 heterocycles. The van der Waals surface area contributed by atoms with E-state index in [1.807, 2.05) is 25.1 Å². The van der Waals surface area contributed by atoms with Crippen LogP contribution in [-0.4, -0.2) is 24.2 Å². The first-order valence-corrected chi connectivity index (χ1v) is 7.53. The van der Waals surface area contributed by atoms with Crippen molar-refractivity contribution in [2.45, 2.75) is 40.0 Å². The molecule has 0 radical (unpaired) electrons. The minimum atomic E-state index is -0.204. The Bertz CT molecular complexity index is 524. The molecule has 0 atom stereocenters. The number of benzene rings is 1. The second-order valence-electron chi connectivity index (χ2n) is 5.65. The zero-order valence-corrected chi connectivity index (χ0v) is 13.2. The first-order chi connectivity index (χ1) is 10.0. The lowest BCUT2D eigenvalue weighted by Crippen LogP contribution is -2.25. The number of carbonyl (C=O) groups excluding carboxylic acids is 1. The van der Waals surface area contributed by atoms with Crippen molar-refractivity contribution in [1.29, 1.82) is 0 Å². The SMILES string of the molecule is Cc1ccc(C#CCO)c(C(=O)NCCCCC(C)C)c1. The van der Waals surface area contributed by atoms with Crippen LogP contribution in [0.5, 0.6) is 0 Å². The number of nitrogens with one attached hydrogen (secondary N) is 1. The maximum atomic E-state index is 12.2. The summed E-state index contributed by atoms with van der Waals surface area (Å²) in [6.45, 7) is 6.84. The van der Waals surface area contributed by atoms with Crippen LogP contribution in [0.3, 0.4) is 0 Å². The van der Waals surface area contributed by atoms with Gasteiger partial charge in [-0.05, 0) is 31.4 Å². The summed E-state index contributed by atoms with van der Waals surface area (Å²) in [5.41, 5.74) is 2.27. The minimum Gasteiger partial charge on any atom is -0.384 e. The molecule has 0 aromatic heterocycles. The minimum absolute atomic E-state index is 0.0921. The third kappa shape index (κ3) is 6.46. The lowest BCUT2D eigenvalue weighted by Gasteiger charge is -2.09. The predicted molar refractivity (Wildman–Crippen MR) is 86.2 cm³/mol. The molecule has 1 aromatic rings. The molecule has 0 saturated carbocycles. The van der Waals surface area contributed by atoms with E-state index in [2.05, 4.69) is 31.0 Å². The lowest BCUT2D eigenvalue weighted by molar-refractivity contribution is 0.0952. The molecule has 1 aromatic carbocycles. The summed E-state index contributed by atoms with van der Waals surface area (Å²) in [5, 5.41) is 11.7. The van der Waals surface area contributed by atoms with E-state index >= 15 is 0 Å². The van der Waals surface area contributed by atoms with Crippen LogP contribution >= 0.6 is 0 Å². The fourth-order valence-electron chi connectivity index (χ4n) is 2.06. The molecule has 0 unspecified atom stereocenters. The number of hydrogen-bond acceptors (Lipinski definition) is 2. The molecule has 21 heavy (non-hydrogen) atoms. The lowest BCUT2D eigenvalue weighted by atomic mass is 10.0. The fraction of sp³-hybridized carbons (Fsp3) is 0.500. The van der Waals surface area contributed by atoms with Crippen molar-refractivity contribution in [3.05, 3.63) is 34.9 Å². The van der Waals surface area contributed by atoms with Gasteiger partial charge in [0.05, 0.1) is 5.56 Å². The zero-order chi connectivity index (χ0) is 15.7. The van der Waals surface area contributed by atoms with Crippen molar-refractivity contribution in [3.63, 3.8) is 0 Å². The van der Waals surface area contributed by atoms with Crippen LogP contribution in [0.1, 0.15) is 54.6 Å². The standard InChI is InChI=1S/C18H25NO2/c1-14(2)7-4-5-11-19-18(21)17-13-15(3)9-10-16(17)8-6-12-20/h9-10,13-14,20H,4-5,7,11-12H2,1-3H3,(H,19,21). The Hall–Kier alpha value is -1.79. The number of aliphatic hydroxyl groups excluding tert-OH is 1. The highest BCUT2D eigenvalue weighted by Gasteiger charge is 2.10. The average Bonchev–Trinajstić information content (AvgIpc) is 2.45. The van der Waals surface area contributed by atoms with E-state index in [0.29, 0.717) is 23.6 Å². The molecule has 3 nitrogen and oxygen atoms in total. The van der Waals surface area contributed by atoms with Gasteiger partial charge in [0, 0.05) is 12.1 Å². The fourth-order valence-corrected chi connectivity index (χ4v) is 2.06. The normalized spacial score (nSPS) is 10.1. The van der Waals surface area contributed by atoms with Gasteiger partial charge in [-0.3, -0.25) is 4.79 Å². The molecule has 3 heteroatoms. The number of aryl methyl sites for hydroxylation is 1. The van der Waals surface area contributed by atoms with Crippen molar-refractivity contribution in [1.82, 2.24) is 5.32 Å². The van der Waals surface area contributed by atoms with Crippen LogP contribution < -0.4 is 5.32 Å². The highest BCUT2D eigenvalue weighted by Crippen LogP contribution is 2.11. The number of amides is 1. The Morgan fingerprint density at radius 1 is 1.33 bits per heavy atom. The van der Waals surface area contributed by atoms with Gasteiger partial charge < -0.3 is 10.4 Å². The first kappa shape index (κ1) is 17.3. The Balaban J connectivity index is 2.62. The van der Waals surface area contributed by atoms with Crippen LogP contribution in [-0.2, 0) is 0 Å². The average molecular weight is 287 g/mol. The van der Waals surface area contributed by atoms with Crippen LogP contribution in [0, 0.1) is 24.7 Å². The molecule has 1 amide bonds. The van der Waals surface area contributed by atoms with Crippen molar-refractivity contribution in [3.8, 4) is 11.8 Å². The highest BCUT2D eigenvalue weighted by atomic mass is 16.2. The summed E-state index contributed by atoms with van der Waals surface area (Å²) >= 11 is 0. The molecule has 0 aliphatic rings. The van der Waals surface area contributed by atoms with Gasteiger partial charge in [-0.25, -0.2) is 0 Å². The molecular weight excluding hydrogens is 262 g/mol. The number of hydrogen-bond donors (Lipinski definition) is 2. The number of aliphatic hydroxyl groups is 1. The van der Waals surface area contributed by atoms with Crippen LogP contribution in [0.15, 0.2) is 18.2 Å². The largest absolute Gasteiger partial charge is 0.384 e. The summed E-state index contributed by atoms with van der Waals surface area (Å²) in [4.78, 5) is 12.2. The molecular formula is C18H25NO2. The molecule has 0 saturated heterocycles. The smallest absolute Gasteiger partial charge is 0.252 e. The van der Waals surface area contributed by atoms with E-state index < -0.39 is 0 Å². The second kappa shape index (κ2) is 9.20. The number of carbonyl (C=O) groups is 1. The molecule has 114 valence electrons. The van der Waals surface area contributed by atoms with Gasteiger partial charge in [0.1, 0.15) is 6.61 Å². The Morgan fingerprint density at radius 3 is 2.76 bits per heavy atom. The van der Waals surface area contributed by atoms with Crippen LogP contribution in [0.4, 0.5) is 0 Å². The molecule has 0 spiro atoms. The van der Waals surface area contributed by atoms with E-state index in [0.717, 1.165) is 18.4 Å². The van der Waals surface area contributed by atoms with E-state index in [1.165, 1.54) is 6.42 Å². The van der Waals surface area contributed by atoms with E-state index in [4.69, 9.17) is 5.11 Å². The molecule has 0 fully saturated rings. The Kier molecular flexibility index (Phi) is 7.56. The summed E-state index contributed by atoms with van der Waals surface area (Å²) in [6.07, 6.45) is 3.31. The van der Waals surface area contributed by atoms with Gasteiger partial charge in [-0.2, -0.15) is 0 Å². The number of unbranched alkanes of at least 4 members (excludes halogenated alkanes) is 1. The highest BCUT2D eigenvalue weighted by molar-refractivity contribution is 5.96. The molecule has 1 rings (SSSR count). The Morgan fingerprint density at radius 2 is 2.10 bits per heavy atom. The maximum absolute atomic E-state index is 12.2. The van der Waals surface area contributed by atoms with Crippen LogP contribution in [0.2, 0.25) is 0 Å². The monoisotopic (exact) mass is 287 g/mol. The molecule has 0 aliphatic heterocycles. The van der Waals surface area contributed by atoms with Gasteiger partial charge in [-0.1, -0.05) is 50.2 Å². The van der Waals surface area contributed by atoms with E-state index in [9.17, 15) is 4.79 Å². The van der Waals surface area contributed by atoms with Gasteiger partial charge in [0.25, 0.3) is 5.91 Å². The Labute approximate surface area is 127 Å². The third-order valence-corrected chi connectivity index (χ3v) is 3.22. The third-order valence-electron chi connectivity index (χ3n) is 3.22. The first-order valence-electron chi connectivity index (χ1n) is 7.53. The van der Waals surface area contributed by atoms with Gasteiger partial charge in [-0.15, -0.1) is 0 Å². The second-order valence-corrected chi connectivity index (χ2v) is 5.65. The quantitative estimate of drug-likeness (QED) is 0.624. The van der Waals surface area contributed by atoms with Gasteiger partial charge in [0.2, 0.25) is 0 Å². The summed E-state index contributed by atoms with van der Waals surface area (Å²) in [6, 6.07) is 5.58. The van der Waals surface area contributed by atoms with Gasteiger partial charge >= 0.3 is 0 Å². The van der Waals surface area contributed by atoms with Crippen molar-refractivity contribution in [2.24, 2.45) is 5.92 Å².